The SMILES string of the molecule is O=C(Cc1cncc(Br)c1)C1(O)CCCC1. The Kier molecular flexibility index (Phi) is 3.40. The number of carbonyl (C=O) groups is 1. The van der Waals surface area contributed by atoms with Crippen molar-refractivity contribution >= 4 is 21.7 Å². The van der Waals surface area contributed by atoms with E-state index in [9.17, 15) is 9.90 Å². The van der Waals surface area contributed by atoms with E-state index in [-0.39, 0.29) is 12.2 Å². The topological polar surface area (TPSA) is 50.2 Å². The summed E-state index contributed by atoms with van der Waals surface area (Å²) in [5, 5.41) is 10.1. The van der Waals surface area contributed by atoms with Gasteiger partial charge in [-0.2, -0.15) is 0 Å². The first kappa shape index (κ1) is 11.7. The summed E-state index contributed by atoms with van der Waals surface area (Å²) in [6.07, 6.45) is 6.71. The van der Waals surface area contributed by atoms with Gasteiger partial charge in [-0.15, -0.1) is 0 Å². The standard InChI is InChI=1S/C12H14BrNO2/c13-10-5-9(7-14-8-10)6-11(15)12(16)3-1-2-4-12/h5,7-8,16H,1-4,6H2. The van der Waals surface area contributed by atoms with E-state index in [1.807, 2.05) is 6.07 Å². The second kappa shape index (κ2) is 4.63. The lowest BCUT2D eigenvalue weighted by molar-refractivity contribution is -0.136. The molecule has 0 aliphatic heterocycles. The number of ketones is 1. The number of Topliss-reactive ketones (excluding diaryl/α,β-unsaturated/α-hetero) is 1. The number of nitrogens with zero attached hydrogens (tertiary/aromatic N) is 1. The summed E-state index contributed by atoms with van der Waals surface area (Å²) in [7, 11) is 0. The highest BCUT2D eigenvalue weighted by molar-refractivity contribution is 9.10. The number of hydrogen-bond donors (Lipinski definition) is 1. The molecule has 0 bridgehead atoms. The van der Waals surface area contributed by atoms with Gasteiger partial charge < -0.3 is 5.11 Å². The van der Waals surface area contributed by atoms with Crippen molar-refractivity contribution in [2.24, 2.45) is 0 Å². The van der Waals surface area contributed by atoms with Gasteiger partial charge in [0.05, 0.1) is 0 Å². The maximum Gasteiger partial charge on any atom is 0.168 e. The largest absolute Gasteiger partial charge is 0.382 e. The van der Waals surface area contributed by atoms with Crippen LogP contribution in [0, 0.1) is 0 Å². The summed E-state index contributed by atoms with van der Waals surface area (Å²) in [6.45, 7) is 0. The van der Waals surface area contributed by atoms with Crippen LogP contribution in [0.3, 0.4) is 0 Å². The summed E-state index contributed by atoms with van der Waals surface area (Å²) in [6, 6.07) is 1.86. The zero-order chi connectivity index (χ0) is 11.6. The molecule has 1 aliphatic carbocycles. The molecule has 1 fully saturated rings. The Hall–Kier alpha value is -0.740. The number of aromatic nitrogens is 1. The molecule has 0 atom stereocenters. The molecule has 0 amide bonds. The fourth-order valence-electron chi connectivity index (χ4n) is 2.14. The van der Waals surface area contributed by atoms with E-state index < -0.39 is 5.60 Å². The second-order valence-corrected chi connectivity index (χ2v) is 5.27. The zero-order valence-electron chi connectivity index (χ0n) is 8.95. The highest BCUT2D eigenvalue weighted by Gasteiger charge is 2.38. The minimum atomic E-state index is -1.08. The summed E-state index contributed by atoms with van der Waals surface area (Å²) < 4.78 is 0.858. The molecule has 0 saturated heterocycles. The summed E-state index contributed by atoms with van der Waals surface area (Å²) >= 11 is 3.31. The number of rotatable bonds is 3. The van der Waals surface area contributed by atoms with Crippen molar-refractivity contribution in [2.45, 2.75) is 37.7 Å². The fraction of sp³-hybridized carbons (Fsp3) is 0.500. The first-order valence-corrected chi connectivity index (χ1v) is 6.25. The van der Waals surface area contributed by atoms with E-state index in [0.29, 0.717) is 12.8 Å². The van der Waals surface area contributed by atoms with Crippen LogP contribution in [0.25, 0.3) is 0 Å². The molecule has 86 valence electrons. The van der Waals surface area contributed by atoms with Crippen LogP contribution in [-0.2, 0) is 11.2 Å². The van der Waals surface area contributed by atoms with Crippen LogP contribution in [0.2, 0.25) is 0 Å². The van der Waals surface area contributed by atoms with Gasteiger partial charge in [-0.25, -0.2) is 0 Å². The number of carbonyl (C=O) groups excluding carboxylic acids is 1. The van der Waals surface area contributed by atoms with Crippen LogP contribution in [0.15, 0.2) is 22.9 Å². The van der Waals surface area contributed by atoms with Gasteiger partial charge >= 0.3 is 0 Å². The van der Waals surface area contributed by atoms with Crippen molar-refractivity contribution in [1.82, 2.24) is 4.98 Å². The van der Waals surface area contributed by atoms with E-state index in [0.717, 1.165) is 22.9 Å². The smallest absolute Gasteiger partial charge is 0.168 e. The second-order valence-electron chi connectivity index (χ2n) is 4.35. The number of halogens is 1. The summed E-state index contributed by atoms with van der Waals surface area (Å²) in [4.78, 5) is 16.0. The molecule has 0 radical (unpaired) electrons. The average Bonchev–Trinajstić information content (AvgIpc) is 2.66. The third kappa shape index (κ3) is 2.50. The van der Waals surface area contributed by atoms with Gasteiger partial charge in [0.25, 0.3) is 0 Å². The molecule has 2 rings (SSSR count). The third-order valence-corrected chi connectivity index (χ3v) is 3.51. The molecule has 1 aliphatic rings. The van der Waals surface area contributed by atoms with Crippen molar-refractivity contribution in [2.75, 3.05) is 0 Å². The Labute approximate surface area is 103 Å². The van der Waals surface area contributed by atoms with Crippen LogP contribution < -0.4 is 0 Å². The zero-order valence-corrected chi connectivity index (χ0v) is 10.5. The lowest BCUT2D eigenvalue weighted by Crippen LogP contribution is -2.36. The van der Waals surface area contributed by atoms with Crippen molar-refractivity contribution in [1.29, 1.82) is 0 Å². The molecule has 3 nitrogen and oxygen atoms in total. The molecule has 1 aromatic heterocycles. The van der Waals surface area contributed by atoms with Crippen molar-refractivity contribution in [3.05, 3.63) is 28.5 Å². The van der Waals surface area contributed by atoms with E-state index >= 15 is 0 Å². The van der Waals surface area contributed by atoms with E-state index in [2.05, 4.69) is 20.9 Å². The van der Waals surface area contributed by atoms with E-state index in [4.69, 9.17) is 0 Å². The van der Waals surface area contributed by atoms with Gasteiger partial charge in [-0.05, 0) is 53.2 Å². The molecule has 1 heterocycles. The van der Waals surface area contributed by atoms with Gasteiger partial charge in [-0.1, -0.05) is 0 Å². The van der Waals surface area contributed by atoms with Crippen LogP contribution in [-0.4, -0.2) is 21.5 Å². The van der Waals surface area contributed by atoms with Crippen molar-refractivity contribution < 1.29 is 9.90 Å². The molecule has 1 N–H and O–H groups in total. The van der Waals surface area contributed by atoms with E-state index in [1.165, 1.54) is 0 Å². The molecule has 16 heavy (non-hydrogen) atoms. The normalized spacial score (nSPS) is 18.6. The Balaban J connectivity index is 2.07. The minimum absolute atomic E-state index is 0.0788. The number of hydrogen-bond acceptors (Lipinski definition) is 3. The van der Waals surface area contributed by atoms with E-state index in [1.54, 1.807) is 12.4 Å². The lowest BCUT2D eigenvalue weighted by atomic mass is 9.92. The van der Waals surface area contributed by atoms with Gasteiger partial charge in [-0.3, -0.25) is 9.78 Å². The predicted octanol–water partition coefficient (Wildman–Crippen LogP) is 2.26. The summed E-state index contributed by atoms with van der Waals surface area (Å²) in [5.74, 6) is -0.0788. The highest BCUT2D eigenvalue weighted by Crippen LogP contribution is 2.31. The van der Waals surface area contributed by atoms with Crippen LogP contribution in [0.4, 0.5) is 0 Å². The lowest BCUT2D eigenvalue weighted by Gasteiger charge is -2.20. The first-order valence-electron chi connectivity index (χ1n) is 5.45. The molecule has 0 spiro atoms. The van der Waals surface area contributed by atoms with Gasteiger partial charge in [0.15, 0.2) is 5.78 Å². The van der Waals surface area contributed by atoms with Crippen LogP contribution in [0.5, 0.6) is 0 Å². The Bertz CT molecular complexity index is 400. The van der Waals surface area contributed by atoms with Gasteiger partial charge in [0.1, 0.15) is 5.60 Å². The monoisotopic (exact) mass is 283 g/mol. The Morgan fingerprint density at radius 1 is 1.44 bits per heavy atom. The molecule has 1 saturated carbocycles. The summed E-state index contributed by atoms with van der Waals surface area (Å²) in [5.41, 5.74) is -0.234. The molecule has 0 unspecified atom stereocenters. The Morgan fingerprint density at radius 2 is 2.12 bits per heavy atom. The molecular weight excluding hydrogens is 270 g/mol. The van der Waals surface area contributed by atoms with Crippen LogP contribution in [0.1, 0.15) is 31.2 Å². The molecule has 0 aromatic carbocycles. The molecule has 4 heteroatoms. The van der Waals surface area contributed by atoms with Gasteiger partial charge in [0, 0.05) is 23.3 Å². The predicted molar refractivity (Wildman–Crippen MR) is 64.1 cm³/mol. The van der Waals surface area contributed by atoms with Gasteiger partial charge in [0.2, 0.25) is 0 Å². The third-order valence-electron chi connectivity index (χ3n) is 3.08. The quantitative estimate of drug-likeness (QED) is 0.926. The average molecular weight is 284 g/mol. The Morgan fingerprint density at radius 3 is 2.75 bits per heavy atom. The highest BCUT2D eigenvalue weighted by atomic mass is 79.9. The maximum absolute atomic E-state index is 12.0. The number of pyridine rings is 1. The molecular formula is C12H14BrNO2. The number of aliphatic hydroxyl groups is 1. The van der Waals surface area contributed by atoms with Crippen molar-refractivity contribution in [3.8, 4) is 0 Å². The fourth-order valence-corrected chi connectivity index (χ4v) is 2.55. The first-order chi connectivity index (χ1) is 7.60. The maximum atomic E-state index is 12.0. The van der Waals surface area contributed by atoms with Crippen molar-refractivity contribution in [3.63, 3.8) is 0 Å². The minimum Gasteiger partial charge on any atom is -0.382 e. The molecule has 1 aromatic rings. The van der Waals surface area contributed by atoms with Crippen LogP contribution >= 0.6 is 15.9 Å².